The van der Waals surface area contributed by atoms with Crippen molar-refractivity contribution in [2.24, 2.45) is 0 Å². The molecule has 3 N–H and O–H groups in total. The van der Waals surface area contributed by atoms with E-state index in [1.165, 1.54) is 0 Å². The summed E-state index contributed by atoms with van der Waals surface area (Å²) in [6.07, 6.45) is 4.33. The van der Waals surface area contributed by atoms with E-state index in [1.807, 2.05) is 36.5 Å². The highest BCUT2D eigenvalue weighted by Crippen LogP contribution is 2.21. The third kappa shape index (κ3) is 3.05. The van der Waals surface area contributed by atoms with Gasteiger partial charge >= 0.3 is 0 Å². The van der Waals surface area contributed by atoms with Crippen LogP contribution in [0.5, 0.6) is 0 Å². The molecule has 0 saturated carbocycles. The van der Waals surface area contributed by atoms with Gasteiger partial charge < -0.3 is 11.1 Å². The lowest BCUT2D eigenvalue weighted by atomic mass is 10.0. The first-order valence-corrected chi connectivity index (χ1v) is 6.15. The summed E-state index contributed by atoms with van der Waals surface area (Å²) in [5, 5.41) is 3.43. The number of likely N-dealkylation sites (N-methyl/N-ethyl adjacent to an activating group) is 1. The lowest BCUT2D eigenvalue weighted by Gasteiger charge is -2.19. The minimum absolute atomic E-state index is 0.151. The number of hydrogen-bond acceptors (Lipinski definition) is 4. The van der Waals surface area contributed by atoms with Gasteiger partial charge in [-0.05, 0) is 24.7 Å². The smallest absolute Gasteiger partial charge is 0.128 e. The van der Waals surface area contributed by atoms with Crippen molar-refractivity contribution in [3.63, 3.8) is 0 Å². The molecule has 0 aliphatic heterocycles. The first kappa shape index (κ1) is 12.5. The van der Waals surface area contributed by atoms with Crippen LogP contribution in [0, 0.1) is 0 Å². The Balaban J connectivity index is 2.21. The lowest BCUT2D eigenvalue weighted by Crippen LogP contribution is -2.24. The van der Waals surface area contributed by atoms with Crippen molar-refractivity contribution in [3.8, 4) is 0 Å². The molecule has 0 aliphatic rings. The standard InChI is InChI=1S/C14H18N4/c1-2-16-13(10-11-6-3-4-8-17-11)12-7-5-9-18-14(12)15/h3-9,13,16H,2,10H2,1H3,(H2,15,18). The van der Waals surface area contributed by atoms with Crippen molar-refractivity contribution in [3.05, 3.63) is 54.0 Å². The van der Waals surface area contributed by atoms with Gasteiger partial charge in [0, 0.05) is 36.1 Å². The largest absolute Gasteiger partial charge is 0.383 e. The van der Waals surface area contributed by atoms with Crippen LogP contribution in [0.2, 0.25) is 0 Å². The Morgan fingerprint density at radius 2 is 2.00 bits per heavy atom. The molecule has 94 valence electrons. The van der Waals surface area contributed by atoms with Crippen LogP contribution < -0.4 is 11.1 Å². The molecule has 2 aromatic rings. The molecule has 0 bridgehead atoms. The zero-order chi connectivity index (χ0) is 12.8. The summed E-state index contributed by atoms with van der Waals surface area (Å²) in [4.78, 5) is 8.50. The summed E-state index contributed by atoms with van der Waals surface area (Å²) >= 11 is 0. The molecule has 2 heterocycles. The molecule has 0 radical (unpaired) electrons. The molecule has 2 rings (SSSR count). The highest BCUT2D eigenvalue weighted by molar-refractivity contribution is 5.41. The molecule has 0 aromatic carbocycles. The van der Waals surface area contributed by atoms with E-state index < -0.39 is 0 Å². The van der Waals surface area contributed by atoms with Crippen molar-refractivity contribution >= 4 is 5.82 Å². The summed E-state index contributed by atoms with van der Waals surface area (Å²) < 4.78 is 0. The van der Waals surface area contributed by atoms with Crippen molar-refractivity contribution in [2.75, 3.05) is 12.3 Å². The van der Waals surface area contributed by atoms with Gasteiger partial charge in [-0.15, -0.1) is 0 Å². The number of nitrogens with two attached hydrogens (primary N) is 1. The highest BCUT2D eigenvalue weighted by Gasteiger charge is 2.14. The second kappa shape index (κ2) is 6.12. The van der Waals surface area contributed by atoms with Gasteiger partial charge in [-0.25, -0.2) is 4.98 Å². The molecule has 1 unspecified atom stereocenters. The van der Waals surface area contributed by atoms with Gasteiger partial charge in [0.05, 0.1) is 0 Å². The average Bonchev–Trinajstić information content (AvgIpc) is 2.40. The number of pyridine rings is 2. The van der Waals surface area contributed by atoms with Crippen LogP contribution in [0.15, 0.2) is 42.7 Å². The predicted octanol–water partition coefficient (Wildman–Crippen LogP) is 1.95. The second-order valence-corrected chi connectivity index (χ2v) is 4.11. The third-order valence-electron chi connectivity index (χ3n) is 2.84. The molecule has 0 spiro atoms. The van der Waals surface area contributed by atoms with Crippen LogP contribution in [-0.4, -0.2) is 16.5 Å². The number of aromatic nitrogens is 2. The zero-order valence-corrected chi connectivity index (χ0v) is 10.5. The quantitative estimate of drug-likeness (QED) is 0.841. The predicted molar refractivity (Wildman–Crippen MR) is 73.0 cm³/mol. The van der Waals surface area contributed by atoms with E-state index in [-0.39, 0.29) is 6.04 Å². The Hall–Kier alpha value is -1.94. The van der Waals surface area contributed by atoms with Crippen LogP contribution in [0.4, 0.5) is 5.82 Å². The number of anilines is 1. The van der Waals surface area contributed by atoms with Crippen LogP contribution in [-0.2, 0) is 6.42 Å². The SMILES string of the molecule is CCNC(Cc1ccccn1)c1cccnc1N. The second-order valence-electron chi connectivity index (χ2n) is 4.11. The van der Waals surface area contributed by atoms with Gasteiger partial charge in [0.15, 0.2) is 0 Å². The minimum atomic E-state index is 0.151. The molecule has 2 aromatic heterocycles. The van der Waals surface area contributed by atoms with Crippen LogP contribution in [0.3, 0.4) is 0 Å². The Morgan fingerprint density at radius 3 is 2.67 bits per heavy atom. The molecule has 0 saturated heterocycles. The summed E-state index contributed by atoms with van der Waals surface area (Å²) in [7, 11) is 0. The van der Waals surface area contributed by atoms with Gasteiger partial charge in [-0.1, -0.05) is 19.1 Å². The molecule has 1 atom stereocenters. The fraction of sp³-hybridized carbons (Fsp3) is 0.286. The molecule has 0 amide bonds. The average molecular weight is 242 g/mol. The van der Waals surface area contributed by atoms with E-state index in [9.17, 15) is 0 Å². The van der Waals surface area contributed by atoms with Crippen LogP contribution in [0.1, 0.15) is 24.2 Å². The number of nitrogens with one attached hydrogen (secondary N) is 1. The number of hydrogen-bond donors (Lipinski definition) is 2. The highest BCUT2D eigenvalue weighted by atomic mass is 14.9. The third-order valence-corrected chi connectivity index (χ3v) is 2.84. The van der Waals surface area contributed by atoms with Crippen molar-refractivity contribution in [1.29, 1.82) is 0 Å². The van der Waals surface area contributed by atoms with Gasteiger partial charge in [0.1, 0.15) is 5.82 Å². The van der Waals surface area contributed by atoms with Crippen molar-refractivity contribution in [2.45, 2.75) is 19.4 Å². The maximum atomic E-state index is 5.93. The Kier molecular flexibility index (Phi) is 4.25. The molecular formula is C14H18N4. The molecule has 4 nitrogen and oxygen atoms in total. The minimum Gasteiger partial charge on any atom is -0.383 e. The van der Waals surface area contributed by atoms with E-state index >= 15 is 0 Å². The number of nitrogen functional groups attached to an aromatic ring is 1. The van der Waals surface area contributed by atoms with E-state index in [2.05, 4.69) is 22.2 Å². The Labute approximate surface area is 107 Å². The van der Waals surface area contributed by atoms with Crippen molar-refractivity contribution in [1.82, 2.24) is 15.3 Å². The van der Waals surface area contributed by atoms with Crippen LogP contribution >= 0.6 is 0 Å². The van der Waals surface area contributed by atoms with E-state index in [0.29, 0.717) is 5.82 Å². The summed E-state index contributed by atoms with van der Waals surface area (Å²) in [6, 6.07) is 10.0. The van der Waals surface area contributed by atoms with Crippen LogP contribution in [0.25, 0.3) is 0 Å². The maximum absolute atomic E-state index is 5.93. The fourth-order valence-corrected chi connectivity index (χ4v) is 1.99. The monoisotopic (exact) mass is 242 g/mol. The zero-order valence-electron chi connectivity index (χ0n) is 10.5. The molecular weight excluding hydrogens is 224 g/mol. The maximum Gasteiger partial charge on any atom is 0.128 e. The molecule has 0 aliphatic carbocycles. The normalized spacial score (nSPS) is 12.3. The number of nitrogens with zero attached hydrogens (tertiary/aromatic N) is 2. The lowest BCUT2D eigenvalue weighted by molar-refractivity contribution is 0.544. The number of rotatable bonds is 5. The summed E-state index contributed by atoms with van der Waals surface area (Å²) in [6.45, 7) is 2.96. The van der Waals surface area contributed by atoms with Gasteiger partial charge in [0.2, 0.25) is 0 Å². The molecule has 0 fully saturated rings. The Bertz CT molecular complexity index is 484. The van der Waals surface area contributed by atoms with Gasteiger partial charge in [-0.3, -0.25) is 4.98 Å². The van der Waals surface area contributed by atoms with E-state index in [4.69, 9.17) is 5.73 Å². The molecule has 18 heavy (non-hydrogen) atoms. The first-order chi connectivity index (χ1) is 8.81. The topological polar surface area (TPSA) is 63.8 Å². The van der Waals surface area contributed by atoms with Crippen molar-refractivity contribution < 1.29 is 0 Å². The fourth-order valence-electron chi connectivity index (χ4n) is 1.99. The van der Waals surface area contributed by atoms with E-state index in [0.717, 1.165) is 24.2 Å². The summed E-state index contributed by atoms with van der Waals surface area (Å²) in [5.74, 6) is 0.583. The van der Waals surface area contributed by atoms with Gasteiger partial charge in [-0.2, -0.15) is 0 Å². The van der Waals surface area contributed by atoms with Gasteiger partial charge in [0.25, 0.3) is 0 Å². The first-order valence-electron chi connectivity index (χ1n) is 6.15. The summed E-state index contributed by atoms with van der Waals surface area (Å²) in [5.41, 5.74) is 8.01. The van der Waals surface area contributed by atoms with E-state index in [1.54, 1.807) is 6.20 Å². The molecule has 4 heteroatoms. The Morgan fingerprint density at radius 1 is 1.17 bits per heavy atom.